The summed E-state index contributed by atoms with van der Waals surface area (Å²) in [5.41, 5.74) is 1.11. The van der Waals surface area contributed by atoms with Gasteiger partial charge in [-0.25, -0.2) is 4.79 Å². The average Bonchev–Trinajstić information content (AvgIpc) is 2.72. The van der Waals surface area contributed by atoms with Gasteiger partial charge in [-0.05, 0) is 30.5 Å². The van der Waals surface area contributed by atoms with Crippen molar-refractivity contribution in [3.63, 3.8) is 0 Å². The lowest BCUT2D eigenvalue weighted by atomic mass is 9.95. The molecule has 1 fully saturated rings. The molecule has 0 aromatic heterocycles. The molecule has 0 bridgehead atoms. The molecule has 0 saturated carbocycles. The van der Waals surface area contributed by atoms with Crippen LogP contribution in [0, 0.1) is 5.92 Å². The highest BCUT2D eigenvalue weighted by molar-refractivity contribution is 5.95. The quantitative estimate of drug-likeness (QED) is 0.851. The minimum Gasteiger partial charge on any atom is -0.479 e. The lowest BCUT2D eigenvalue weighted by Gasteiger charge is -2.32. The van der Waals surface area contributed by atoms with Crippen molar-refractivity contribution in [2.75, 3.05) is 13.1 Å². The van der Waals surface area contributed by atoms with Gasteiger partial charge in [-0.2, -0.15) is 0 Å². The van der Waals surface area contributed by atoms with E-state index in [2.05, 4.69) is 5.32 Å². The Morgan fingerprint density at radius 1 is 1.00 bits per heavy atom. The van der Waals surface area contributed by atoms with Crippen molar-refractivity contribution in [2.45, 2.75) is 18.9 Å². The van der Waals surface area contributed by atoms with Crippen molar-refractivity contribution in [1.29, 1.82) is 0 Å². The van der Waals surface area contributed by atoms with Crippen molar-refractivity contribution in [2.24, 2.45) is 5.92 Å². The molecule has 1 saturated heterocycles. The van der Waals surface area contributed by atoms with E-state index in [0.29, 0.717) is 37.1 Å². The highest BCUT2D eigenvalue weighted by Gasteiger charge is 2.31. The number of nitrogens with zero attached hydrogens (tertiary/aromatic N) is 1. The van der Waals surface area contributed by atoms with Crippen LogP contribution < -0.4 is 5.32 Å². The summed E-state index contributed by atoms with van der Waals surface area (Å²) < 4.78 is 0. The summed E-state index contributed by atoms with van der Waals surface area (Å²) >= 11 is 0. The number of piperidine rings is 1. The van der Waals surface area contributed by atoms with Crippen LogP contribution in [0.2, 0.25) is 0 Å². The number of hydrogen-bond donors (Lipinski definition) is 2. The number of carbonyl (C=O) groups excluding carboxylic acids is 2. The minimum atomic E-state index is -1.11. The molecule has 6 nitrogen and oxygen atoms in total. The molecular weight excluding hydrogens is 344 g/mol. The van der Waals surface area contributed by atoms with E-state index < -0.39 is 17.9 Å². The normalized spacial score (nSPS) is 17.8. The van der Waals surface area contributed by atoms with Gasteiger partial charge in [0.2, 0.25) is 5.91 Å². The summed E-state index contributed by atoms with van der Waals surface area (Å²) in [6.07, 6.45) is 1.34. The van der Waals surface area contributed by atoms with Crippen molar-refractivity contribution >= 4 is 17.8 Å². The van der Waals surface area contributed by atoms with Crippen LogP contribution in [-0.2, 0) is 9.59 Å². The zero-order valence-electron chi connectivity index (χ0n) is 14.9. The molecule has 2 atom stereocenters. The lowest BCUT2D eigenvalue weighted by Crippen LogP contribution is -2.47. The van der Waals surface area contributed by atoms with Crippen LogP contribution in [0.4, 0.5) is 0 Å². The molecule has 3 rings (SSSR count). The first kappa shape index (κ1) is 18.6. The number of nitrogens with one attached hydrogen (secondary N) is 1. The predicted molar refractivity (Wildman–Crippen MR) is 100 cm³/mol. The molecule has 1 aliphatic heterocycles. The van der Waals surface area contributed by atoms with Gasteiger partial charge in [0.05, 0.1) is 5.92 Å². The Morgan fingerprint density at radius 3 is 2.26 bits per heavy atom. The molecule has 1 aliphatic rings. The van der Waals surface area contributed by atoms with Gasteiger partial charge >= 0.3 is 5.97 Å². The predicted octanol–water partition coefficient (Wildman–Crippen LogP) is 2.48. The molecule has 27 heavy (non-hydrogen) atoms. The first-order valence-electron chi connectivity index (χ1n) is 8.98. The van der Waals surface area contributed by atoms with E-state index >= 15 is 0 Å². The van der Waals surface area contributed by atoms with Crippen molar-refractivity contribution in [1.82, 2.24) is 10.2 Å². The molecule has 0 spiro atoms. The summed E-state index contributed by atoms with van der Waals surface area (Å²) in [5, 5.41) is 12.1. The number of amides is 2. The van der Waals surface area contributed by atoms with E-state index in [1.54, 1.807) is 59.5 Å². The lowest BCUT2D eigenvalue weighted by molar-refractivity contribution is -0.143. The topological polar surface area (TPSA) is 86.7 Å². The van der Waals surface area contributed by atoms with Gasteiger partial charge < -0.3 is 15.3 Å². The molecule has 2 N–H and O–H groups in total. The minimum absolute atomic E-state index is 0.106. The number of carboxylic acids is 1. The van der Waals surface area contributed by atoms with Crippen LogP contribution in [0.25, 0.3) is 0 Å². The van der Waals surface area contributed by atoms with Gasteiger partial charge in [0.1, 0.15) is 0 Å². The standard InChI is InChI=1S/C21H22N2O4/c24-19(22-18(21(26)27)15-8-3-1-4-9-15)17-12-7-13-23(14-17)20(25)16-10-5-2-6-11-16/h1-6,8-11,17-18H,7,12-14H2,(H,22,24)(H,26,27). The number of hydrogen-bond acceptors (Lipinski definition) is 3. The van der Waals surface area contributed by atoms with Crippen molar-refractivity contribution < 1.29 is 19.5 Å². The molecule has 2 aromatic carbocycles. The Balaban J connectivity index is 1.67. The SMILES string of the molecule is O=C(NC(C(=O)O)c1ccccc1)C1CCCN(C(=O)c2ccccc2)C1. The Labute approximate surface area is 157 Å². The first-order chi connectivity index (χ1) is 13.1. The van der Waals surface area contributed by atoms with Gasteiger partial charge in [0, 0.05) is 18.7 Å². The molecule has 6 heteroatoms. The number of benzene rings is 2. The van der Waals surface area contributed by atoms with Crippen LogP contribution >= 0.6 is 0 Å². The number of aliphatic carboxylic acids is 1. The molecule has 0 aliphatic carbocycles. The van der Waals surface area contributed by atoms with Gasteiger partial charge in [0.15, 0.2) is 6.04 Å². The molecule has 1 heterocycles. The van der Waals surface area contributed by atoms with E-state index in [4.69, 9.17) is 0 Å². The van der Waals surface area contributed by atoms with Gasteiger partial charge in [-0.15, -0.1) is 0 Å². The second-order valence-electron chi connectivity index (χ2n) is 6.65. The number of likely N-dealkylation sites (tertiary alicyclic amines) is 1. The fraction of sp³-hybridized carbons (Fsp3) is 0.286. The third-order valence-corrected chi connectivity index (χ3v) is 4.77. The van der Waals surface area contributed by atoms with Gasteiger partial charge in [-0.3, -0.25) is 9.59 Å². The van der Waals surface area contributed by atoms with Gasteiger partial charge in [0.25, 0.3) is 5.91 Å². The van der Waals surface area contributed by atoms with E-state index in [1.807, 2.05) is 6.07 Å². The summed E-state index contributed by atoms with van der Waals surface area (Å²) in [6, 6.07) is 16.5. The third-order valence-electron chi connectivity index (χ3n) is 4.77. The molecule has 0 radical (unpaired) electrons. The van der Waals surface area contributed by atoms with Crippen molar-refractivity contribution in [3.05, 3.63) is 71.8 Å². The monoisotopic (exact) mass is 366 g/mol. The highest BCUT2D eigenvalue weighted by atomic mass is 16.4. The van der Waals surface area contributed by atoms with Crippen LogP contribution in [0.15, 0.2) is 60.7 Å². The molecular formula is C21H22N2O4. The zero-order valence-corrected chi connectivity index (χ0v) is 14.9. The van der Waals surface area contributed by atoms with E-state index in [1.165, 1.54) is 0 Å². The highest BCUT2D eigenvalue weighted by Crippen LogP contribution is 2.21. The maximum absolute atomic E-state index is 12.7. The first-order valence-corrected chi connectivity index (χ1v) is 8.98. The number of carboxylic acid groups (broad SMARTS) is 1. The number of carbonyl (C=O) groups is 3. The second kappa shape index (κ2) is 8.49. The second-order valence-corrected chi connectivity index (χ2v) is 6.65. The Morgan fingerprint density at radius 2 is 1.63 bits per heavy atom. The zero-order chi connectivity index (χ0) is 19.2. The molecule has 2 amide bonds. The number of rotatable bonds is 5. The van der Waals surface area contributed by atoms with Crippen LogP contribution in [-0.4, -0.2) is 40.9 Å². The Bertz CT molecular complexity index is 807. The Kier molecular flexibility index (Phi) is 5.86. The molecule has 140 valence electrons. The fourth-order valence-corrected chi connectivity index (χ4v) is 3.33. The third kappa shape index (κ3) is 4.53. The van der Waals surface area contributed by atoms with Gasteiger partial charge in [-0.1, -0.05) is 48.5 Å². The summed E-state index contributed by atoms with van der Waals surface area (Å²) in [7, 11) is 0. The average molecular weight is 366 g/mol. The molecule has 2 unspecified atom stereocenters. The van der Waals surface area contributed by atoms with E-state index in [-0.39, 0.29) is 11.8 Å². The fourth-order valence-electron chi connectivity index (χ4n) is 3.33. The van der Waals surface area contributed by atoms with Crippen LogP contribution in [0.3, 0.4) is 0 Å². The maximum Gasteiger partial charge on any atom is 0.330 e. The van der Waals surface area contributed by atoms with E-state index in [0.717, 1.165) is 0 Å². The van der Waals surface area contributed by atoms with Crippen LogP contribution in [0.5, 0.6) is 0 Å². The smallest absolute Gasteiger partial charge is 0.330 e. The molecule has 2 aromatic rings. The largest absolute Gasteiger partial charge is 0.479 e. The summed E-state index contributed by atoms with van der Waals surface area (Å²) in [6.45, 7) is 0.888. The van der Waals surface area contributed by atoms with Crippen LogP contribution in [0.1, 0.15) is 34.8 Å². The maximum atomic E-state index is 12.7. The van der Waals surface area contributed by atoms with Crippen molar-refractivity contribution in [3.8, 4) is 0 Å². The van der Waals surface area contributed by atoms with E-state index in [9.17, 15) is 19.5 Å². The Hall–Kier alpha value is -3.15. The summed E-state index contributed by atoms with van der Waals surface area (Å²) in [5.74, 6) is -1.97. The summed E-state index contributed by atoms with van der Waals surface area (Å²) in [4.78, 5) is 38.6.